The fraction of sp³-hybridized carbons (Fsp3) is 0.647. The molecule has 1 heteroatoms. The molecule has 1 saturated carbocycles. The first kappa shape index (κ1) is 13.6. The van der Waals surface area contributed by atoms with Crippen LogP contribution in [0.25, 0.3) is 0 Å². The van der Waals surface area contributed by atoms with Crippen molar-refractivity contribution in [1.82, 2.24) is 5.32 Å². The van der Waals surface area contributed by atoms with E-state index in [1.54, 1.807) is 0 Å². The fourth-order valence-electron chi connectivity index (χ4n) is 2.97. The van der Waals surface area contributed by atoms with E-state index >= 15 is 0 Å². The molecule has 0 atom stereocenters. The molecule has 1 nitrogen and oxygen atoms in total. The predicted octanol–water partition coefficient (Wildman–Crippen LogP) is 4.18. The van der Waals surface area contributed by atoms with Gasteiger partial charge in [-0.1, -0.05) is 62.4 Å². The van der Waals surface area contributed by atoms with Crippen molar-refractivity contribution < 1.29 is 0 Å². The van der Waals surface area contributed by atoms with Gasteiger partial charge in [-0.25, -0.2) is 0 Å². The van der Waals surface area contributed by atoms with Gasteiger partial charge < -0.3 is 5.32 Å². The Balaban J connectivity index is 1.46. The number of rotatable bonds is 7. The van der Waals surface area contributed by atoms with Crippen LogP contribution in [0.4, 0.5) is 0 Å². The second kappa shape index (κ2) is 8.31. The van der Waals surface area contributed by atoms with Crippen LogP contribution >= 0.6 is 0 Å². The Kier molecular flexibility index (Phi) is 6.28. The van der Waals surface area contributed by atoms with Crippen molar-refractivity contribution in [2.75, 3.05) is 13.1 Å². The summed E-state index contributed by atoms with van der Waals surface area (Å²) in [7, 11) is 0. The number of benzene rings is 1. The van der Waals surface area contributed by atoms with Crippen molar-refractivity contribution >= 4 is 0 Å². The molecule has 0 aliphatic heterocycles. The quantitative estimate of drug-likeness (QED) is 0.711. The molecule has 100 valence electrons. The molecule has 1 N–H and O–H groups in total. The normalized spacial score (nSPS) is 16.9. The molecule has 18 heavy (non-hydrogen) atoms. The third-order valence-corrected chi connectivity index (χ3v) is 4.12. The van der Waals surface area contributed by atoms with Gasteiger partial charge in [-0.2, -0.15) is 0 Å². The van der Waals surface area contributed by atoms with Crippen LogP contribution < -0.4 is 5.32 Å². The first-order chi connectivity index (χ1) is 8.95. The van der Waals surface area contributed by atoms with Crippen molar-refractivity contribution in [3.63, 3.8) is 0 Å². The first-order valence-corrected chi connectivity index (χ1v) is 7.70. The predicted molar refractivity (Wildman–Crippen MR) is 78.8 cm³/mol. The second-order valence-corrected chi connectivity index (χ2v) is 5.63. The molecule has 1 aliphatic carbocycles. The van der Waals surface area contributed by atoms with Crippen molar-refractivity contribution in [1.29, 1.82) is 0 Å². The standard InChI is InChI=1S/C17H27N/c1-3-8-16(9-4-1)12-7-14-18-15-13-17-10-5-2-6-11-17/h1,3-4,8-9,17-18H,2,5-7,10-15H2. The van der Waals surface area contributed by atoms with E-state index in [1.165, 1.54) is 70.0 Å². The van der Waals surface area contributed by atoms with Crippen molar-refractivity contribution in [2.45, 2.75) is 51.4 Å². The van der Waals surface area contributed by atoms with Crippen LogP contribution in [0.2, 0.25) is 0 Å². The fourth-order valence-corrected chi connectivity index (χ4v) is 2.97. The minimum Gasteiger partial charge on any atom is -0.317 e. The lowest BCUT2D eigenvalue weighted by molar-refractivity contribution is 0.334. The summed E-state index contributed by atoms with van der Waals surface area (Å²) in [5.41, 5.74) is 1.46. The van der Waals surface area contributed by atoms with E-state index in [1.807, 2.05) is 0 Å². The molecular formula is C17H27N. The summed E-state index contributed by atoms with van der Waals surface area (Å²) >= 11 is 0. The number of nitrogens with one attached hydrogen (secondary N) is 1. The molecule has 0 amide bonds. The van der Waals surface area contributed by atoms with E-state index in [-0.39, 0.29) is 0 Å². The molecule has 0 heterocycles. The van der Waals surface area contributed by atoms with Crippen LogP contribution in [-0.4, -0.2) is 13.1 Å². The highest BCUT2D eigenvalue weighted by molar-refractivity contribution is 5.14. The smallest absolute Gasteiger partial charge is 0.00457 e. The maximum Gasteiger partial charge on any atom is -0.00457 e. The van der Waals surface area contributed by atoms with Gasteiger partial charge in [0.15, 0.2) is 0 Å². The topological polar surface area (TPSA) is 12.0 Å². The summed E-state index contributed by atoms with van der Waals surface area (Å²) in [5.74, 6) is 1.01. The van der Waals surface area contributed by atoms with Crippen LogP contribution in [0.15, 0.2) is 30.3 Å². The molecule has 1 aliphatic rings. The van der Waals surface area contributed by atoms with Crippen LogP contribution in [0.3, 0.4) is 0 Å². The highest BCUT2D eigenvalue weighted by Crippen LogP contribution is 2.25. The molecular weight excluding hydrogens is 218 g/mol. The van der Waals surface area contributed by atoms with Gasteiger partial charge in [-0.3, -0.25) is 0 Å². The Morgan fingerprint density at radius 1 is 0.944 bits per heavy atom. The summed E-state index contributed by atoms with van der Waals surface area (Å²) in [5, 5.41) is 3.60. The van der Waals surface area contributed by atoms with Crippen LogP contribution in [0.5, 0.6) is 0 Å². The third kappa shape index (κ3) is 5.22. The average molecular weight is 245 g/mol. The average Bonchev–Trinajstić information content (AvgIpc) is 2.45. The summed E-state index contributed by atoms with van der Waals surface area (Å²) in [6, 6.07) is 10.8. The molecule has 1 fully saturated rings. The lowest BCUT2D eigenvalue weighted by Crippen LogP contribution is -2.20. The van der Waals surface area contributed by atoms with Crippen molar-refractivity contribution in [3.05, 3.63) is 35.9 Å². The Morgan fingerprint density at radius 2 is 1.72 bits per heavy atom. The molecule has 2 rings (SSSR count). The molecule has 0 aromatic heterocycles. The molecule has 0 radical (unpaired) electrons. The van der Waals surface area contributed by atoms with Crippen LogP contribution in [0.1, 0.15) is 50.5 Å². The van der Waals surface area contributed by atoms with Gasteiger partial charge in [-0.05, 0) is 43.8 Å². The van der Waals surface area contributed by atoms with Crippen LogP contribution in [0, 0.1) is 5.92 Å². The van der Waals surface area contributed by atoms with Gasteiger partial charge in [0.2, 0.25) is 0 Å². The molecule has 0 spiro atoms. The highest BCUT2D eigenvalue weighted by atomic mass is 14.8. The monoisotopic (exact) mass is 245 g/mol. The lowest BCUT2D eigenvalue weighted by atomic mass is 9.87. The van der Waals surface area contributed by atoms with Gasteiger partial charge in [0.05, 0.1) is 0 Å². The summed E-state index contributed by atoms with van der Waals surface area (Å²) in [4.78, 5) is 0. The maximum absolute atomic E-state index is 3.60. The van der Waals surface area contributed by atoms with E-state index in [0.29, 0.717) is 0 Å². The van der Waals surface area contributed by atoms with Crippen molar-refractivity contribution in [2.24, 2.45) is 5.92 Å². The minimum atomic E-state index is 1.01. The molecule has 0 saturated heterocycles. The molecule has 0 bridgehead atoms. The van der Waals surface area contributed by atoms with Crippen molar-refractivity contribution in [3.8, 4) is 0 Å². The maximum atomic E-state index is 3.60. The van der Waals surface area contributed by atoms with Gasteiger partial charge >= 0.3 is 0 Å². The van der Waals surface area contributed by atoms with Gasteiger partial charge in [0.25, 0.3) is 0 Å². The molecule has 0 unspecified atom stereocenters. The number of aryl methyl sites for hydroxylation is 1. The Morgan fingerprint density at radius 3 is 2.50 bits per heavy atom. The molecule has 1 aromatic rings. The van der Waals surface area contributed by atoms with Gasteiger partial charge in [0.1, 0.15) is 0 Å². The second-order valence-electron chi connectivity index (χ2n) is 5.63. The minimum absolute atomic E-state index is 1.01. The highest BCUT2D eigenvalue weighted by Gasteiger charge is 2.12. The zero-order valence-electron chi connectivity index (χ0n) is 11.5. The first-order valence-electron chi connectivity index (χ1n) is 7.70. The van der Waals surface area contributed by atoms with Crippen LogP contribution in [-0.2, 0) is 6.42 Å². The summed E-state index contributed by atoms with van der Waals surface area (Å²) < 4.78 is 0. The zero-order chi connectivity index (χ0) is 12.5. The van der Waals surface area contributed by atoms with E-state index in [4.69, 9.17) is 0 Å². The Bertz CT molecular complexity index is 301. The Hall–Kier alpha value is -0.820. The third-order valence-electron chi connectivity index (χ3n) is 4.12. The molecule has 1 aromatic carbocycles. The van der Waals surface area contributed by atoms with E-state index < -0.39 is 0 Å². The van der Waals surface area contributed by atoms with Gasteiger partial charge in [-0.15, -0.1) is 0 Å². The lowest BCUT2D eigenvalue weighted by Gasteiger charge is -2.21. The zero-order valence-corrected chi connectivity index (χ0v) is 11.5. The number of hydrogen-bond donors (Lipinski definition) is 1. The Labute approximate surface area is 112 Å². The SMILES string of the molecule is c1ccc(CCCNCCC2CCCCC2)cc1. The summed E-state index contributed by atoms with van der Waals surface area (Å²) in [6.45, 7) is 2.39. The van der Waals surface area contributed by atoms with Gasteiger partial charge in [0, 0.05) is 0 Å². The summed E-state index contributed by atoms with van der Waals surface area (Å²) in [6.07, 6.45) is 11.2. The van der Waals surface area contributed by atoms with E-state index in [0.717, 1.165) is 5.92 Å². The van der Waals surface area contributed by atoms with E-state index in [9.17, 15) is 0 Å². The number of hydrogen-bond acceptors (Lipinski definition) is 1. The van der Waals surface area contributed by atoms with E-state index in [2.05, 4.69) is 35.6 Å². The largest absolute Gasteiger partial charge is 0.317 e.